The Bertz CT molecular complexity index is 201. The highest BCUT2D eigenvalue weighted by molar-refractivity contribution is 8.15. The molecule has 0 aliphatic heterocycles. The van der Waals surface area contributed by atoms with Crippen LogP contribution in [-0.4, -0.2) is 17.2 Å². The Balaban J connectivity index is 4.26. The molecule has 0 saturated heterocycles. The Kier molecular flexibility index (Phi) is 5.33. The fourth-order valence-corrected chi connectivity index (χ4v) is 1.89. The first-order valence-electron chi connectivity index (χ1n) is 4.39. The Morgan fingerprint density at radius 1 is 1.62 bits per heavy atom. The molecule has 0 aromatic rings. The molecule has 0 N–H and O–H groups in total. The van der Waals surface area contributed by atoms with Crippen LogP contribution in [0.25, 0.3) is 0 Å². The number of methoxy groups -OCH3 is 1. The summed E-state index contributed by atoms with van der Waals surface area (Å²) in [5.41, 5.74) is 0.573. The maximum Gasteiger partial charge on any atom is 0.217 e. The van der Waals surface area contributed by atoms with E-state index in [9.17, 15) is 4.79 Å². The normalized spacial score (nSPS) is 15.1. The lowest BCUT2D eigenvalue weighted by atomic mass is 10.2. The van der Waals surface area contributed by atoms with Gasteiger partial charge in [0.05, 0.1) is 0 Å². The highest BCUT2D eigenvalue weighted by atomic mass is 32.2. The molecule has 0 bridgehead atoms. The van der Waals surface area contributed by atoms with Crippen molar-refractivity contribution in [2.24, 2.45) is 0 Å². The number of rotatable bonds is 5. The summed E-state index contributed by atoms with van der Waals surface area (Å²) in [4.78, 5) is 11.0. The SMILES string of the molecule is C=C(C)C(=O)SC(C)(CCC)OC. The number of thioether (sulfide) groups is 1. The van der Waals surface area contributed by atoms with Crippen LogP contribution in [0.1, 0.15) is 33.6 Å². The molecule has 0 aliphatic carbocycles. The van der Waals surface area contributed by atoms with Crippen molar-refractivity contribution in [2.75, 3.05) is 7.11 Å². The third kappa shape index (κ3) is 4.48. The van der Waals surface area contributed by atoms with Crippen LogP contribution < -0.4 is 0 Å². The molecular formula is C10H18O2S. The molecule has 0 rings (SSSR count). The van der Waals surface area contributed by atoms with Crippen LogP contribution in [0.5, 0.6) is 0 Å². The van der Waals surface area contributed by atoms with E-state index in [1.165, 1.54) is 11.8 Å². The Labute approximate surface area is 84.7 Å². The van der Waals surface area contributed by atoms with E-state index in [0.717, 1.165) is 12.8 Å². The third-order valence-electron chi connectivity index (χ3n) is 1.79. The van der Waals surface area contributed by atoms with Gasteiger partial charge in [-0.1, -0.05) is 19.9 Å². The number of hydrogen-bond donors (Lipinski definition) is 0. The topological polar surface area (TPSA) is 26.3 Å². The minimum Gasteiger partial charge on any atom is -0.367 e. The van der Waals surface area contributed by atoms with Crippen LogP contribution in [0.4, 0.5) is 0 Å². The molecule has 0 spiro atoms. The van der Waals surface area contributed by atoms with Gasteiger partial charge in [0.1, 0.15) is 4.93 Å². The molecule has 13 heavy (non-hydrogen) atoms. The monoisotopic (exact) mass is 202 g/mol. The van der Waals surface area contributed by atoms with E-state index in [0.29, 0.717) is 5.57 Å². The second-order valence-corrected chi connectivity index (χ2v) is 4.70. The summed E-state index contributed by atoms with van der Waals surface area (Å²) in [5.74, 6) is 0. The third-order valence-corrected chi connectivity index (χ3v) is 3.13. The van der Waals surface area contributed by atoms with Gasteiger partial charge in [0, 0.05) is 7.11 Å². The van der Waals surface area contributed by atoms with Gasteiger partial charge in [0.2, 0.25) is 5.12 Å². The van der Waals surface area contributed by atoms with Crippen LogP contribution in [0, 0.1) is 0 Å². The molecule has 0 aliphatic rings. The molecule has 0 amide bonds. The highest BCUT2D eigenvalue weighted by Gasteiger charge is 2.26. The Morgan fingerprint density at radius 2 is 2.15 bits per heavy atom. The molecule has 1 atom stereocenters. The summed E-state index contributed by atoms with van der Waals surface area (Å²) in [6.45, 7) is 9.33. The van der Waals surface area contributed by atoms with E-state index in [4.69, 9.17) is 4.74 Å². The average Bonchev–Trinajstić information content (AvgIpc) is 2.04. The molecule has 3 heteroatoms. The van der Waals surface area contributed by atoms with E-state index in [1.54, 1.807) is 14.0 Å². The fourth-order valence-electron chi connectivity index (χ4n) is 0.932. The van der Waals surface area contributed by atoms with Crippen LogP contribution in [-0.2, 0) is 9.53 Å². The standard InChI is InChI=1S/C10H18O2S/c1-6-7-10(4,12-5)13-9(11)8(2)3/h2,6-7H2,1,3-5H3. The van der Waals surface area contributed by atoms with E-state index in [1.807, 2.05) is 6.92 Å². The lowest BCUT2D eigenvalue weighted by molar-refractivity contribution is -0.108. The van der Waals surface area contributed by atoms with Crippen LogP contribution in [0.2, 0.25) is 0 Å². The molecule has 76 valence electrons. The van der Waals surface area contributed by atoms with Gasteiger partial charge in [-0.15, -0.1) is 0 Å². The zero-order chi connectivity index (χ0) is 10.5. The second kappa shape index (κ2) is 5.45. The minimum absolute atomic E-state index is 0.0119. The first-order chi connectivity index (χ1) is 5.95. The number of carbonyl (C=O) groups excluding carboxylic acids is 1. The largest absolute Gasteiger partial charge is 0.367 e. The maximum atomic E-state index is 11.4. The van der Waals surface area contributed by atoms with Crippen molar-refractivity contribution < 1.29 is 9.53 Å². The number of hydrogen-bond acceptors (Lipinski definition) is 3. The summed E-state index contributed by atoms with van der Waals surface area (Å²) < 4.78 is 5.30. The smallest absolute Gasteiger partial charge is 0.217 e. The second-order valence-electron chi connectivity index (χ2n) is 3.26. The molecule has 0 radical (unpaired) electrons. The van der Waals surface area contributed by atoms with Gasteiger partial charge < -0.3 is 4.74 Å². The number of carbonyl (C=O) groups is 1. The predicted octanol–water partition coefficient (Wildman–Crippen LogP) is 2.99. The Hall–Kier alpha value is -0.280. The van der Waals surface area contributed by atoms with Crippen molar-refractivity contribution in [1.29, 1.82) is 0 Å². The van der Waals surface area contributed by atoms with Gasteiger partial charge in [0.15, 0.2) is 0 Å². The fraction of sp³-hybridized carbons (Fsp3) is 0.700. The summed E-state index contributed by atoms with van der Waals surface area (Å²) >= 11 is 1.22. The van der Waals surface area contributed by atoms with Crippen molar-refractivity contribution in [3.05, 3.63) is 12.2 Å². The highest BCUT2D eigenvalue weighted by Crippen LogP contribution is 2.32. The Morgan fingerprint density at radius 3 is 2.46 bits per heavy atom. The summed E-state index contributed by atoms with van der Waals surface area (Å²) in [6, 6.07) is 0. The number of ether oxygens (including phenoxy) is 1. The van der Waals surface area contributed by atoms with Crippen molar-refractivity contribution in [1.82, 2.24) is 0 Å². The first kappa shape index (κ1) is 12.7. The van der Waals surface area contributed by atoms with Crippen LogP contribution in [0.3, 0.4) is 0 Å². The lowest BCUT2D eigenvalue weighted by Gasteiger charge is -2.25. The van der Waals surface area contributed by atoms with Gasteiger partial charge in [-0.3, -0.25) is 4.79 Å². The molecule has 0 heterocycles. The zero-order valence-corrected chi connectivity index (χ0v) is 9.66. The zero-order valence-electron chi connectivity index (χ0n) is 8.85. The maximum absolute atomic E-state index is 11.4. The van der Waals surface area contributed by atoms with E-state index < -0.39 is 4.93 Å². The van der Waals surface area contributed by atoms with Gasteiger partial charge in [-0.2, -0.15) is 0 Å². The van der Waals surface area contributed by atoms with Crippen LogP contribution in [0.15, 0.2) is 12.2 Å². The van der Waals surface area contributed by atoms with E-state index in [-0.39, 0.29) is 5.12 Å². The van der Waals surface area contributed by atoms with E-state index >= 15 is 0 Å². The van der Waals surface area contributed by atoms with E-state index in [2.05, 4.69) is 13.5 Å². The lowest BCUT2D eigenvalue weighted by Crippen LogP contribution is -2.24. The van der Waals surface area contributed by atoms with Crippen molar-refractivity contribution in [3.63, 3.8) is 0 Å². The van der Waals surface area contributed by atoms with Gasteiger partial charge in [0.25, 0.3) is 0 Å². The molecule has 1 unspecified atom stereocenters. The molecule has 0 fully saturated rings. The molecular weight excluding hydrogens is 184 g/mol. The summed E-state index contributed by atoms with van der Waals surface area (Å²) in [6.07, 6.45) is 1.87. The van der Waals surface area contributed by atoms with Gasteiger partial charge >= 0.3 is 0 Å². The minimum atomic E-state index is -0.398. The molecule has 2 nitrogen and oxygen atoms in total. The first-order valence-corrected chi connectivity index (χ1v) is 5.21. The predicted molar refractivity (Wildman–Crippen MR) is 57.7 cm³/mol. The summed E-state index contributed by atoms with van der Waals surface area (Å²) in [7, 11) is 1.63. The van der Waals surface area contributed by atoms with Crippen LogP contribution >= 0.6 is 11.8 Å². The van der Waals surface area contributed by atoms with Crippen molar-refractivity contribution >= 4 is 16.9 Å². The molecule has 0 saturated carbocycles. The average molecular weight is 202 g/mol. The summed E-state index contributed by atoms with van der Waals surface area (Å²) in [5, 5.41) is 0.0119. The van der Waals surface area contributed by atoms with Gasteiger partial charge in [-0.05, 0) is 37.6 Å². The van der Waals surface area contributed by atoms with Crippen molar-refractivity contribution in [2.45, 2.75) is 38.5 Å². The molecule has 0 aromatic heterocycles. The quantitative estimate of drug-likeness (QED) is 0.506. The van der Waals surface area contributed by atoms with Crippen molar-refractivity contribution in [3.8, 4) is 0 Å². The van der Waals surface area contributed by atoms with Gasteiger partial charge in [-0.25, -0.2) is 0 Å². The molecule has 0 aromatic carbocycles.